The maximum atomic E-state index is 12.7. The van der Waals surface area contributed by atoms with E-state index in [-0.39, 0.29) is 23.5 Å². The van der Waals surface area contributed by atoms with Crippen LogP contribution >= 0.6 is 0 Å². The van der Waals surface area contributed by atoms with Crippen molar-refractivity contribution < 1.29 is 18.8 Å². The molecule has 6 heteroatoms. The van der Waals surface area contributed by atoms with Gasteiger partial charge < -0.3 is 14.6 Å². The summed E-state index contributed by atoms with van der Waals surface area (Å²) < 4.78 is 5.20. The summed E-state index contributed by atoms with van der Waals surface area (Å²) in [5.41, 5.74) is 0. The molecule has 0 aromatic carbocycles. The average Bonchev–Trinajstić information content (AvgIpc) is 3.24. The predicted octanol–water partition coefficient (Wildman–Crippen LogP) is 1.65. The molecule has 1 saturated carbocycles. The van der Waals surface area contributed by atoms with Gasteiger partial charge in [-0.05, 0) is 37.8 Å². The molecule has 1 aromatic heterocycles. The van der Waals surface area contributed by atoms with Crippen LogP contribution in [0.4, 0.5) is 0 Å². The van der Waals surface area contributed by atoms with Crippen LogP contribution in [0.15, 0.2) is 22.8 Å². The lowest BCUT2D eigenvalue weighted by molar-refractivity contribution is -0.143. The molecule has 0 bridgehead atoms. The van der Waals surface area contributed by atoms with E-state index in [1.54, 1.807) is 23.3 Å². The van der Waals surface area contributed by atoms with E-state index in [1.807, 2.05) is 0 Å². The van der Waals surface area contributed by atoms with Crippen LogP contribution in [0.1, 0.15) is 44.3 Å². The second kappa shape index (κ2) is 6.98. The Labute approximate surface area is 135 Å². The summed E-state index contributed by atoms with van der Waals surface area (Å²) in [7, 11) is 0. The van der Waals surface area contributed by atoms with Crippen LogP contribution in [0, 0.1) is 5.92 Å². The highest BCUT2D eigenvalue weighted by Gasteiger charge is 2.37. The Morgan fingerprint density at radius 2 is 2.04 bits per heavy atom. The van der Waals surface area contributed by atoms with Crippen molar-refractivity contribution in [3.8, 4) is 0 Å². The summed E-state index contributed by atoms with van der Waals surface area (Å²) in [4.78, 5) is 38.1. The molecule has 1 atom stereocenters. The lowest BCUT2D eigenvalue weighted by atomic mass is 9.87. The number of nitrogens with one attached hydrogen (secondary N) is 1. The second-order valence-corrected chi connectivity index (χ2v) is 6.30. The highest BCUT2D eigenvalue weighted by Crippen LogP contribution is 2.27. The Hall–Kier alpha value is -2.11. The van der Waals surface area contributed by atoms with Crippen molar-refractivity contribution in [3.63, 3.8) is 0 Å². The fraction of sp³-hybridized carbons (Fsp3) is 0.588. The molecule has 3 rings (SSSR count). The third-order valence-electron chi connectivity index (χ3n) is 4.75. The molecule has 0 radical (unpaired) electrons. The van der Waals surface area contributed by atoms with E-state index in [0.29, 0.717) is 51.0 Å². The van der Waals surface area contributed by atoms with Crippen molar-refractivity contribution in [2.24, 2.45) is 5.92 Å². The van der Waals surface area contributed by atoms with Crippen molar-refractivity contribution in [3.05, 3.63) is 24.2 Å². The van der Waals surface area contributed by atoms with E-state index < -0.39 is 6.04 Å². The van der Waals surface area contributed by atoms with Crippen LogP contribution in [0.3, 0.4) is 0 Å². The van der Waals surface area contributed by atoms with Gasteiger partial charge in [0.05, 0.1) is 12.8 Å². The molecule has 2 amide bonds. The maximum absolute atomic E-state index is 12.7. The van der Waals surface area contributed by atoms with E-state index in [2.05, 4.69) is 5.32 Å². The molecule has 2 aliphatic rings. The molecule has 1 unspecified atom stereocenters. The predicted molar refractivity (Wildman–Crippen MR) is 82.3 cm³/mol. The third kappa shape index (κ3) is 3.63. The quantitative estimate of drug-likeness (QED) is 0.915. The van der Waals surface area contributed by atoms with Crippen molar-refractivity contribution in [2.75, 3.05) is 6.54 Å². The van der Waals surface area contributed by atoms with E-state index in [4.69, 9.17) is 4.42 Å². The molecule has 23 heavy (non-hydrogen) atoms. The summed E-state index contributed by atoms with van der Waals surface area (Å²) in [6, 6.07) is 3.18. The molecule has 6 nitrogen and oxygen atoms in total. The normalized spacial score (nSPS) is 22.3. The number of rotatable bonds is 4. The number of nitrogens with zero attached hydrogens (tertiary/aromatic N) is 1. The third-order valence-corrected chi connectivity index (χ3v) is 4.75. The molecule has 2 fully saturated rings. The highest BCUT2D eigenvalue weighted by molar-refractivity contribution is 5.90. The van der Waals surface area contributed by atoms with Gasteiger partial charge in [-0.1, -0.05) is 0 Å². The second-order valence-electron chi connectivity index (χ2n) is 6.30. The molecule has 1 aliphatic heterocycles. The smallest absolute Gasteiger partial charge is 0.243 e. The topological polar surface area (TPSA) is 79.6 Å². The van der Waals surface area contributed by atoms with Gasteiger partial charge in [-0.15, -0.1) is 0 Å². The van der Waals surface area contributed by atoms with Gasteiger partial charge in [0.2, 0.25) is 11.8 Å². The van der Waals surface area contributed by atoms with Crippen LogP contribution in [0.25, 0.3) is 0 Å². The molecule has 1 aliphatic carbocycles. The zero-order valence-electron chi connectivity index (χ0n) is 13.1. The van der Waals surface area contributed by atoms with Gasteiger partial charge in [0, 0.05) is 25.3 Å². The van der Waals surface area contributed by atoms with E-state index in [9.17, 15) is 14.4 Å². The fourth-order valence-electron chi connectivity index (χ4n) is 3.43. The van der Waals surface area contributed by atoms with Crippen LogP contribution in [0.5, 0.6) is 0 Å². The molecular formula is C17H22N2O4. The number of ketones is 1. The minimum absolute atomic E-state index is 0.0353. The summed E-state index contributed by atoms with van der Waals surface area (Å²) in [6.45, 7) is 0.963. The van der Waals surface area contributed by atoms with Gasteiger partial charge in [0.25, 0.3) is 0 Å². The summed E-state index contributed by atoms with van der Waals surface area (Å²) in [5, 5.41) is 2.84. The van der Waals surface area contributed by atoms with Crippen LogP contribution in [-0.2, 0) is 20.9 Å². The number of hydrogen-bond acceptors (Lipinski definition) is 4. The van der Waals surface area contributed by atoms with E-state index in [0.717, 1.165) is 6.42 Å². The van der Waals surface area contributed by atoms with E-state index in [1.165, 1.54) is 0 Å². The first-order chi connectivity index (χ1) is 11.1. The fourth-order valence-corrected chi connectivity index (χ4v) is 3.43. The van der Waals surface area contributed by atoms with Crippen LogP contribution in [-0.4, -0.2) is 35.1 Å². The first kappa shape index (κ1) is 15.8. The van der Waals surface area contributed by atoms with Gasteiger partial charge in [-0.2, -0.15) is 0 Å². The molecule has 1 aromatic rings. The van der Waals surface area contributed by atoms with Gasteiger partial charge >= 0.3 is 0 Å². The number of furan rings is 1. The lowest BCUT2D eigenvalue weighted by Gasteiger charge is -2.29. The average molecular weight is 318 g/mol. The van der Waals surface area contributed by atoms with Crippen molar-refractivity contribution in [1.82, 2.24) is 10.2 Å². The van der Waals surface area contributed by atoms with Crippen LogP contribution in [0.2, 0.25) is 0 Å². The zero-order valence-corrected chi connectivity index (χ0v) is 13.1. The summed E-state index contributed by atoms with van der Waals surface area (Å²) in [6.07, 6.45) is 5.32. The Morgan fingerprint density at radius 3 is 2.74 bits per heavy atom. The monoisotopic (exact) mass is 318 g/mol. The molecular weight excluding hydrogens is 296 g/mol. The summed E-state index contributed by atoms with van der Waals surface area (Å²) >= 11 is 0. The Bertz CT molecular complexity index is 571. The highest BCUT2D eigenvalue weighted by atomic mass is 16.3. The van der Waals surface area contributed by atoms with Crippen molar-refractivity contribution >= 4 is 17.6 Å². The minimum atomic E-state index is -0.393. The molecule has 124 valence electrons. The maximum Gasteiger partial charge on any atom is 0.243 e. The Morgan fingerprint density at radius 1 is 1.26 bits per heavy atom. The summed E-state index contributed by atoms with van der Waals surface area (Å²) in [5.74, 6) is 0.738. The number of hydrogen-bond donors (Lipinski definition) is 1. The number of Topliss-reactive ketones (excluding diaryl/α,β-unsaturated/α-hetero) is 1. The molecule has 1 N–H and O–H groups in total. The number of likely N-dealkylation sites (tertiary alicyclic amines) is 1. The van der Waals surface area contributed by atoms with Gasteiger partial charge in [0.1, 0.15) is 17.6 Å². The zero-order chi connectivity index (χ0) is 16.2. The first-order valence-electron chi connectivity index (χ1n) is 8.27. The molecule has 2 heterocycles. The number of amides is 2. The number of carbonyl (C=O) groups is 3. The number of carbonyl (C=O) groups excluding carboxylic acids is 3. The Kier molecular flexibility index (Phi) is 4.79. The lowest BCUT2D eigenvalue weighted by Crippen LogP contribution is -2.48. The standard InChI is InChI=1S/C17H22N2O4/c20-13-7-5-12(6-8-13)17(22)19-9-1-4-15(19)16(21)18-11-14-3-2-10-23-14/h2-3,10,12,15H,1,4-9,11H2,(H,18,21). The minimum Gasteiger partial charge on any atom is -0.467 e. The SMILES string of the molecule is O=C1CCC(C(=O)N2CCCC2C(=O)NCc2ccco2)CC1. The first-order valence-corrected chi connectivity index (χ1v) is 8.27. The van der Waals surface area contributed by atoms with Gasteiger partial charge in [-0.3, -0.25) is 14.4 Å². The van der Waals surface area contributed by atoms with Crippen molar-refractivity contribution in [1.29, 1.82) is 0 Å². The van der Waals surface area contributed by atoms with E-state index >= 15 is 0 Å². The van der Waals surface area contributed by atoms with Crippen LogP contribution < -0.4 is 5.32 Å². The van der Waals surface area contributed by atoms with Crippen molar-refractivity contribution in [2.45, 2.75) is 51.1 Å². The molecule has 0 spiro atoms. The van der Waals surface area contributed by atoms with Gasteiger partial charge in [-0.25, -0.2) is 0 Å². The Balaban J connectivity index is 1.57. The molecule has 1 saturated heterocycles. The van der Waals surface area contributed by atoms with Gasteiger partial charge in [0.15, 0.2) is 0 Å². The largest absolute Gasteiger partial charge is 0.467 e.